The maximum atomic E-state index is 11.5. The van der Waals surface area contributed by atoms with Crippen LogP contribution in [-0.2, 0) is 9.84 Å². The first-order valence-electron chi connectivity index (χ1n) is 6.62. The lowest BCUT2D eigenvalue weighted by atomic mass is 9.99. The van der Waals surface area contributed by atoms with E-state index in [0.29, 0.717) is 4.90 Å². The molecule has 0 spiro atoms. The van der Waals surface area contributed by atoms with Gasteiger partial charge < -0.3 is 5.32 Å². The van der Waals surface area contributed by atoms with Crippen LogP contribution in [0.5, 0.6) is 0 Å². The molecule has 0 aliphatic heterocycles. The Kier molecular flexibility index (Phi) is 5.24. The summed E-state index contributed by atoms with van der Waals surface area (Å²) in [6.07, 6.45) is 1.23. The number of hydrogen-bond donors (Lipinski definition) is 1. The van der Waals surface area contributed by atoms with Crippen molar-refractivity contribution in [3.8, 4) is 0 Å². The van der Waals surface area contributed by atoms with Crippen molar-refractivity contribution in [2.45, 2.75) is 24.8 Å². The summed E-state index contributed by atoms with van der Waals surface area (Å²) in [5.41, 5.74) is 2.29. The molecule has 0 radical (unpaired) electrons. The number of sulfone groups is 1. The summed E-state index contributed by atoms with van der Waals surface area (Å²) in [4.78, 5) is 1.60. The average molecular weight is 388 g/mol. The molecule has 0 saturated heterocycles. The van der Waals surface area contributed by atoms with E-state index >= 15 is 0 Å². The Labute approximate surface area is 138 Å². The second kappa shape index (κ2) is 6.60. The third-order valence-corrected chi connectivity index (χ3v) is 5.98. The predicted octanol–water partition coefficient (Wildman–Crippen LogP) is 3.92. The highest BCUT2D eigenvalue weighted by Gasteiger charge is 2.18. The lowest BCUT2D eigenvalue weighted by molar-refractivity contribution is 0.601. The third-order valence-electron chi connectivity index (χ3n) is 3.29. The minimum Gasteiger partial charge on any atom is -0.306 e. The number of nitrogens with one attached hydrogen (secondary N) is 1. The second-order valence-electron chi connectivity index (χ2n) is 4.89. The number of benzene rings is 1. The van der Waals surface area contributed by atoms with Crippen molar-refractivity contribution < 1.29 is 8.42 Å². The summed E-state index contributed by atoms with van der Waals surface area (Å²) in [5, 5.41) is 3.46. The largest absolute Gasteiger partial charge is 0.306 e. The fourth-order valence-corrected chi connectivity index (χ4v) is 4.64. The first-order valence-corrected chi connectivity index (χ1v) is 10.1. The van der Waals surface area contributed by atoms with Gasteiger partial charge in [-0.05, 0) is 58.7 Å². The molecule has 114 valence electrons. The highest BCUT2D eigenvalue weighted by Crippen LogP contribution is 2.33. The molecule has 6 heteroatoms. The Morgan fingerprint density at radius 2 is 1.90 bits per heavy atom. The molecule has 21 heavy (non-hydrogen) atoms. The third kappa shape index (κ3) is 3.94. The van der Waals surface area contributed by atoms with E-state index in [-0.39, 0.29) is 6.04 Å². The van der Waals surface area contributed by atoms with Crippen LogP contribution in [0.2, 0.25) is 0 Å². The van der Waals surface area contributed by atoms with Gasteiger partial charge in [-0.3, -0.25) is 0 Å². The normalized spacial score (nSPS) is 13.3. The Morgan fingerprint density at radius 1 is 1.29 bits per heavy atom. The van der Waals surface area contributed by atoms with Gasteiger partial charge in [-0.2, -0.15) is 0 Å². The van der Waals surface area contributed by atoms with Gasteiger partial charge in [-0.1, -0.05) is 19.1 Å². The molecule has 1 aromatic carbocycles. The van der Waals surface area contributed by atoms with Crippen LogP contribution in [0.3, 0.4) is 0 Å². The summed E-state index contributed by atoms with van der Waals surface area (Å²) in [6, 6.07) is 9.31. The van der Waals surface area contributed by atoms with Crippen LogP contribution in [0.1, 0.15) is 29.0 Å². The van der Waals surface area contributed by atoms with E-state index in [1.807, 2.05) is 12.1 Å². The van der Waals surface area contributed by atoms with Crippen molar-refractivity contribution in [1.29, 1.82) is 0 Å². The van der Waals surface area contributed by atoms with Crippen LogP contribution in [0, 0.1) is 6.92 Å². The summed E-state index contributed by atoms with van der Waals surface area (Å²) in [5.74, 6) is 0. The Bertz CT molecular complexity index is 721. The summed E-state index contributed by atoms with van der Waals surface area (Å²) in [6.45, 7) is 5.00. The highest BCUT2D eigenvalue weighted by molar-refractivity contribution is 9.11. The van der Waals surface area contributed by atoms with Crippen molar-refractivity contribution in [2.75, 3.05) is 12.8 Å². The van der Waals surface area contributed by atoms with E-state index in [9.17, 15) is 8.42 Å². The SMILES string of the molecule is CCNC(c1ccc(S(C)(=O)=O)cc1)c1cc(Br)sc1C. The first kappa shape index (κ1) is 16.7. The van der Waals surface area contributed by atoms with Crippen LogP contribution in [0.4, 0.5) is 0 Å². The van der Waals surface area contributed by atoms with Crippen LogP contribution in [0.15, 0.2) is 39.0 Å². The summed E-state index contributed by atoms with van der Waals surface area (Å²) >= 11 is 5.23. The smallest absolute Gasteiger partial charge is 0.175 e. The predicted molar refractivity (Wildman–Crippen MR) is 91.8 cm³/mol. The Hall–Kier alpha value is -0.690. The van der Waals surface area contributed by atoms with Gasteiger partial charge in [0.15, 0.2) is 9.84 Å². The minimum absolute atomic E-state index is 0.0751. The van der Waals surface area contributed by atoms with E-state index in [4.69, 9.17) is 0 Å². The van der Waals surface area contributed by atoms with Gasteiger partial charge in [0.2, 0.25) is 0 Å². The topological polar surface area (TPSA) is 46.2 Å². The van der Waals surface area contributed by atoms with E-state index in [2.05, 4.69) is 41.2 Å². The average Bonchev–Trinajstić information content (AvgIpc) is 2.74. The Morgan fingerprint density at radius 3 is 2.33 bits per heavy atom. The molecule has 0 fully saturated rings. The van der Waals surface area contributed by atoms with Crippen LogP contribution < -0.4 is 5.32 Å². The number of thiophene rings is 1. The molecule has 1 N–H and O–H groups in total. The molecular weight excluding hydrogens is 370 g/mol. The molecule has 1 unspecified atom stereocenters. The lowest BCUT2D eigenvalue weighted by Crippen LogP contribution is -2.22. The van der Waals surface area contributed by atoms with Gasteiger partial charge in [0.05, 0.1) is 14.7 Å². The second-order valence-corrected chi connectivity index (χ2v) is 9.55. The fraction of sp³-hybridized carbons (Fsp3) is 0.333. The Balaban J connectivity index is 2.41. The van der Waals surface area contributed by atoms with E-state index in [0.717, 1.165) is 15.9 Å². The minimum atomic E-state index is -3.15. The lowest BCUT2D eigenvalue weighted by Gasteiger charge is -2.19. The van der Waals surface area contributed by atoms with Gasteiger partial charge in [-0.25, -0.2) is 8.42 Å². The number of aryl methyl sites for hydroxylation is 1. The molecule has 0 bridgehead atoms. The molecule has 2 aromatic rings. The maximum absolute atomic E-state index is 11.5. The molecule has 0 aliphatic rings. The molecular formula is C15H18BrNO2S2. The molecule has 1 aromatic heterocycles. The van der Waals surface area contributed by atoms with E-state index < -0.39 is 9.84 Å². The highest BCUT2D eigenvalue weighted by atomic mass is 79.9. The number of halogens is 1. The molecule has 0 saturated carbocycles. The molecule has 1 heterocycles. The zero-order valence-corrected chi connectivity index (χ0v) is 15.4. The van der Waals surface area contributed by atoms with Crippen LogP contribution in [0.25, 0.3) is 0 Å². The van der Waals surface area contributed by atoms with Gasteiger partial charge in [0, 0.05) is 11.1 Å². The summed E-state index contributed by atoms with van der Waals surface area (Å²) in [7, 11) is -3.15. The first-order chi connectivity index (χ1) is 9.82. The van der Waals surface area contributed by atoms with Gasteiger partial charge in [0.25, 0.3) is 0 Å². The zero-order valence-electron chi connectivity index (χ0n) is 12.2. The zero-order chi connectivity index (χ0) is 15.6. The van der Waals surface area contributed by atoms with Gasteiger partial charge >= 0.3 is 0 Å². The van der Waals surface area contributed by atoms with Gasteiger partial charge in [0.1, 0.15) is 0 Å². The maximum Gasteiger partial charge on any atom is 0.175 e. The van der Waals surface area contributed by atoms with Gasteiger partial charge in [-0.15, -0.1) is 11.3 Å². The number of rotatable bonds is 5. The van der Waals surface area contributed by atoms with Crippen LogP contribution >= 0.6 is 27.3 Å². The van der Waals surface area contributed by atoms with E-state index in [1.54, 1.807) is 23.5 Å². The monoisotopic (exact) mass is 387 g/mol. The van der Waals surface area contributed by atoms with Crippen LogP contribution in [-0.4, -0.2) is 21.2 Å². The quantitative estimate of drug-likeness (QED) is 0.845. The van der Waals surface area contributed by atoms with Crippen molar-refractivity contribution in [3.05, 3.63) is 50.1 Å². The van der Waals surface area contributed by atoms with Crippen molar-refractivity contribution >= 4 is 37.1 Å². The summed E-state index contributed by atoms with van der Waals surface area (Å²) < 4.78 is 24.2. The molecule has 3 nitrogen and oxygen atoms in total. The van der Waals surface area contributed by atoms with E-state index in [1.165, 1.54) is 16.7 Å². The molecule has 0 amide bonds. The van der Waals surface area contributed by atoms with Crippen molar-refractivity contribution in [1.82, 2.24) is 5.32 Å². The fourth-order valence-electron chi connectivity index (χ4n) is 2.26. The van der Waals surface area contributed by atoms with Crippen molar-refractivity contribution in [3.63, 3.8) is 0 Å². The molecule has 1 atom stereocenters. The number of hydrogen-bond acceptors (Lipinski definition) is 4. The van der Waals surface area contributed by atoms with Crippen molar-refractivity contribution in [2.24, 2.45) is 0 Å². The molecule has 0 aliphatic carbocycles. The molecule has 2 rings (SSSR count). The standard InChI is InChI=1S/C15H18BrNO2S2/c1-4-17-15(13-9-14(16)20-10(13)2)11-5-7-12(8-6-11)21(3,18)19/h5-9,15,17H,4H2,1-3H3.